The summed E-state index contributed by atoms with van der Waals surface area (Å²) in [7, 11) is 0. The summed E-state index contributed by atoms with van der Waals surface area (Å²) in [6.45, 7) is 2.72. The van der Waals surface area contributed by atoms with Crippen molar-refractivity contribution in [3.05, 3.63) is 51.8 Å². The predicted octanol–water partition coefficient (Wildman–Crippen LogP) is 2.93. The van der Waals surface area contributed by atoms with Crippen molar-refractivity contribution in [2.75, 3.05) is 11.9 Å². The predicted molar refractivity (Wildman–Crippen MR) is 107 cm³/mol. The first-order valence-electron chi connectivity index (χ1n) is 9.56. The van der Waals surface area contributed by atoms with Gasteiger partial charge in [0, 0.05) is 18.7 Å². The summed E-state index contributed by atoms with van der Waals surface area (Å²) >= 11 is 0.205. The lowest BCUT2D eigenvalue weighted by Gasteiger charge is -2.28. The number of rotatable bonds is 5. The summed E-state index contributed by atoms with van der Waals surface area (Å²) in [5.74, 6) is -0.991. The molecule has 1 aliphatic heterocycles. The third-order valence-corrected chi connectivity index (χ3v) is 5.75. The average Bonchev–Trinajstić information content (AvgIpc) is 3.35. The molecule has 2 aromatic heterocycles. The van der Waals surface area contributed by atoms with Crippen molar-refractivity contribution in [3.63, 3.8) is 0 Å². The van der Waals surface area contributed by atoms with Crippen molar-refractivity contribution < 1.29 is 27.9 Å². The van der Waals surface area contributed by atoms with Gasteiger partial charge in [0.2, 0.25) is 10.1 Å². The molecule has 0 spiro atoms. The molecule has 168 valence electrons. The van der Waals surface area contributed by atoms with E-state index in [0.717, 1.165) is 5.56 Å². The molecule has 0 fully saturated rings. The summed E-state index contributed by atoms with van der Waals surface area (Å²) in [5, 5.41) is 21.1. The quantitative estimate of drug-likeness (QED) is 0.598. The van der Waals surface area contributed by atoms with E-state index in [-0.39, 0.29) is 46.1 Å². The molecular formula is C19H17F3N6O3S. The van der Waals surface area contributed by atoms with E-state index >= 15 is 0 Å². The van der Waals surface area contributed by atoms with Gasteiger partial charge < -0.3 is 10.0 Å². The molecule has 0 saturated carbocycles. The largest absolute Gasteiger partial charge is 0.508 e. The molecular weight excluding hydrogens is 449 g/mol. The molecule has 3 heterocycles. The van der Waals surface area contributed by atoms with E-state index in [0.29, 0.717) is 25.1 Å². The number of phenolic OH excluding ortho intramolecular Hbond substituents is 1. The van der Waals surface area contributed by atoms with E-state index in [4.69, 9.17) is 0 Å². The van der Waals surface area contributed by atoms with Crippen LogP contribution in [-0.2, 0) is 25.7 Å². The standard InChI is InChI=1S/C19H17F3N6O3S/c1-2-12-13(15(30)23-18-25-24-17(32-18)19(20,21)22)26-28-7-6-27(16(31)14(12)28)9-10-4-3-5-11(29)8-10/h3-5,8,29H,2,6-7,9H2,1H3,(H,23,25,30). The number of carbonyl (C=O) groups excluding carboxylic acids is 2. The Bertz CT molecular complexity index is 1190. The number of aromatic nitrogens is 4. The molecule has 2 N–H and O–H groups in total. The summed E-state index contributed by atoms with van der Waals surface area (Å²) < 4.78 is 39.6. The molecule has 0 unspecified atom stereocenters. The number of carbonyl (C=O) groups is 2. The van der Waals surface area contributed by atoms with Gasteiger partial charge in [0.05, 0.1) is 6.54 Å². The van der Waals surface area contributed by atoms with Gasteiger partial charge in [-0.15, -0.1) is 10.2 Å². The lowest BCUT2D eigenvalue weighted by Crippen LogP contribution is -2.40. The van der Waals surface area contributed by atoms with Gasteiger partial charge in [0.15, 0.2) is 5.69 Å². The van der Waals surface area contributed by atoms with Crippen molar-refractivity contribution >= 4 is 28.3 Å². The highest BCUT2D eigenvalue weighted by molar-refractivity contribution is 7.15. The average molecular weight is 466 g/mol. The number of phenols is 1. The Morgan fingerprint density at radius 3 is 2.72 bits per heavy atom. The minimum absolute atomic E-state index is 0.0428. The summed E-state index contributed by atoms with van der Waals surface area (Å²) in [6, 6.07) is 6.57. The summed E-state index contributed by atoms with van der Waals surface area (Å²) in [4.78, 5) is 27.4. The van der Waals surface area contributed by atoms with Crippen LogP contribution < -0.4 is 5.32 Å². The second kappa shape index (κ2) is 8.22. The highest BCUT2D eigenvalue weighted by Crippen LogP contribution is 2.33. The van der Waals surface area contributed by atoms with Crippen molar-refractivity contribution in [2.24, 2.45) is 0 Å². The van der Waals surface area contributed by atoms with Crippen molar-refractivity contribution in [1.29, 1.82) is 0 Å². The molecule has 0 aliphatic carbocycles. The zero-order chi connectivity index (χ0) is 23.0. The Labute approximate surface area is 183 Å². The SMILES string of the molecule is CCc1c(C(=O)Nc2nnc(C(F)(F)F)s2)nn2c1C(=O)N(Cc1cccc(O)c1)CC2. The number of nitrogens with one attached hydrogen (secondary N) is 1. The van der Waals surface area contributed by atoms with Gasteiger partial charge in [0.1, 0.15) is 11.4 Å². The van der Waals surface area contributed by atoms with Gasteiger partial charge in [-0.25, -0.2) is 0 Å². The first kappa shape index (κ1) is 21.7. The first-order chi connectivity index (χ1) is 15.2. The molecule has 0 bridgehead atoms. The number of aromatic hydroxyl groups is 1. The minimum Gasteiger partial charge on any atom is -0.508 e. The fraction of sp³-hybridized carbons (Fsp3) is 0.316. The second-order valence-electron chi connectivity index (χ2n) is 7.01. The maximum Gasteiger partial charge on any atom is 0.445 e. The molecule has 0 atom stereocenters. The lowest BCUT2D eigenvalue weighted by molar-refractivity contribution is -0.138. The smallest absolute Gasteiger partial charge is 0.445 e. The molecule has 2 amide bonds. The van der Waals surface area contributed by atoms with Crippen LogP contribution in [0.1, 0.15) is 44.0 Å². The molecule has 9 nitrogen and oxygen atoms in total. The molecule has 0 saturated heterocycles. The van der Waals surface area contributed by atoms with E-state index in [1.165, 1.54) is 10.7 Å². The van der Waals surface area contributed by atoms with E-state index in [1.807, 2.05) is 0 Å². The van der Waals surface area contributed by atoms with E-state index < -0.39 is 17.1 Å². The molecule has 3 aromatic rings. The number of fused-ring (bicyclic) bond motifs is 1. The van der Waals surface area contributed by atoms with Crippen LogP contribution in [0.25, 0.3) is 0 Å². The van der Waals surface area contributed by atoms with Crippen LogP contribution in [0.15, 0.2) is 24.3 Å². The number of nitrogens with zero attached hydrogens (tertiary/aromatic N) is 5. The Morgan fingerprint density at radius 2 is 2.06 bits per heavy atom. The number of hydrogen-bond donors (Lipinski definition) is 2. The number of hydrogen-bond acceptors (Lipinski definition) is 7. The molecule has 32 heavy (non-hydrogen) atoms. The van der Waals surface area contributed by atoms with Crippen LogP contribution in [0, 0.1) is 0 Å². The number of amides is 2. The third-order valence-electron chi connectivity index (χ3n) is 4.86. The summed E-state index contributed by atoms with van der Waals surface area (Å²) in [6.07, 6.45) is -4.35. The fourth-order valence-electron chi connectivity index (χ4n) is 3.46. The van der Waals surface area contributed by atoms with Crippen molar-refractivity contribution in [2.45, 2.75) is 32.6 Å². The van der Waals surface area contributed by atoms with Crippen LogP contribution in [0.5, 0.6) is 5.75 Å². The van der Waals surface area contributed by atoms with E-state index in [1.54, 1.807) is 30.0 Å². The normalized spacial score (nSPS) is 13.9. The Hall–Kier alpha value is -3.48. The van der Waals surface area contributed by atoms with Gasteiger partial charge in [-0.05, 0) is 24.1 Å². The first-order valence-corrected chi connectivity index (χ1v) is 10.4. The highest BCUT2D eigenvalue weighted by Gasteiger charge is 2.36. The molecule has 13 heteroatoms. The maximum atomic E-state index is 13.1. The van der Waals surface area contributed by atoms with Gasteiger partial charge in [-0.1, -0.05) is 30.4 Å². The Balaban J connectivity index is 1.57. The fourth-order valence-corrected chi connectivity index (χ4v) is 4.06. The highest BCUT2D eigenvalue weighted by atomic mass is 32.1. The van der Waals surface area contributed by atoms with Crippen LogP contribution in [0.3, 0.4) is 0 Å². The monoisotopic (exact) mass is 466 g/mol. The molecule has 0 radical (unpaired) electrons. The number of alkyl halides is 3. The zero-order valence-corrected chi connectivity index (χ0v) is 17.5. The maximum absolute atomic E-state index is 13.1. The van der Waals surface area contributed by atoms with Crippen LogP contribution in [0.4, 0.5) is 18.3 Å². The van der Waals surface area contributed by atoms with Gasteiger partial charge in [-0.2, -0.15) is 18.3 Å². The number of halogens is 3. The minimum atomic E-state index is -4.66. The summed E-state index contributed by atoms with van der Waals surface area (Å²) in [5.41, 5.74) is 1.36. The topological polar surface area (TPSA) is 113 Å². The number of anilines is 1. The van der Waals surface area contributed by atoms with Crippen molar-refractivity contribution in [1.82, 2.24) is 24.9 Å². The third kappa shape index (κ3) is 4.15. The van der Waals surface area contributed by atoms with Gasteiger partial charge >= 0.3 is 6.18 Å². The van der Waals surface area contributed by atoms with Crippen LogP contribution in [0.2, 0.25) is 0 Å². The zero-order valence-electron chi connectivity index (χ0n) is 16.7. The van der Waals surface area contributed by atoms with Crippen LogP contribution >= 0.6 is 11.3 Å². The number of benzene rings is 1. The lowest BCUT2D eigenvalue weighted by atomic mass is 10.1. The second-order valence-corrected chi connectivity index (χ2v) is 7.99. The van der Waals surface area contributed by atoms with Gasteiger partial charge in [0.25, 0.3) is 11.8 Å². The Morgan fingerprint density at radius 1 is 1.28 bits per heavy atom. The van der Waals surface area contributed by atoms with E-state index in [2.05, 4.69) is 20.6 Å². The molecule has 4 rings (SSSR count). The van der Waals surface area contributed by atoms with Gasteiger partial charge in [-0.3, -0.25) is 19.6 Å². The van der Waals surface area contributed by atoms with Crippen LogP contribution in [-0.4, -0.2) is 48.3 Å². The van der Waals surface area contributed by atoms with E-state index in [9.17, 15) is 27.9 Å². The molecule has 1 aliphatic rings. The Kier molecular flexibility index (Phi) is 5.59. The molecule has 1 aromatic carbocycles. The van der Waals surface area contributed by atoms with Crippen molar-refractivity contribution in [3.8, 4) is 5.75 Å².